The van der Waals surface area contributed by atoms with Crippen LogP contribution in [0.3, 0.4) is 0 Å². The first-order valence-corrected chi connectivity index (χ1v) is 9.68. The molecule has 0 saturated carbocycles. The second kappa shape index (κ2) is 8.71. The number of benzene rings is 1. The van der Waals surface area contributed by atoms with Crippen LogP contribution < -0.4 is 0 Å². The first kappa shape index (κ1) is 19.6. The molecule has 2 amide bonds. The molecule has 1 fully saturated rings. The van der Waals surface area contributed by atoms with Crippen molar-refractivity contribution < 1.29 is 19.2 Å². The Kier molecular flexibility index (Phi) is 6.34. The van der Waals surface area contributed by atoms with Gasteiger partial charge in [-0.15, -0.1) is 0 Å². The molecule has 1 N–H and O–H groups in total. The highest BCUT2D eigenvalue weighted by Gasteiger charge is 2.37. The molecule has 27 heavy (non-hydrogen) atoms. The molecule has 0 spiro atoms. The van der Waals surface area contributed by atoms with Gasteiger partial charge in [0.15, 0.2) is 5.58 Å². The van der Waals surface area contributed by atoms with Crippen molar-refractivity contribution in [1.82, 2.24) is 14.9 Å². The van der Waals surface area contributed by atoms with Crippen molar-refractivity contribution >= 4 is 35.0 Å². The lowest BCUT2D eigenvalue weighted by atomic mass is 9.99. The molecule has 3 rings (SSSR count). The number of rotatable bonds is 8. The third-order valence-electron chi connectivity index (χ3n) is 4.97. The van der Waals surface area contributed by atoms with E-state index >= 15 is 0 Å². The number of hydrogen-bond acceptors (Lipinski definition) is 5. The summed E-state index contributed by atoms with van der Waals surface area (Å²) in [6.07, 6.45) is 4.36. The van der Waals surface area contributed by atoms with Crippen LogP contribution in [0.5, 0.6) is 0 Å². The third kappa shape index (κ3) is 4.42. The van der Waals surface area contributed by atoms with Gasteiger partial charge in [-0.25, -0.2) is 10.0 Å². The first-order valence-electron chi connectivity index (χ1n) is 9.30. The predicted octanol–water partition coefficient (Wildman–Crippen LogP) is 3.80. The molecule has 7 nitrogen and oxygen atoms in total. The number of aromatic nitrogens is 1. The number of fused-ring (bicyclic) bond motifs is 1. The molecule has 1 aromatic carbocycles. The topological polar surface area (TPSA) is 86.9 Å². The highest BCUT2D eigenvalue weighted by molar-refractivity contribution is 6.31. The van der Waals surface area contributed by atoms with Crippen LogP contribution in [-0.2, 0) is 9.59 Å². The fourth-order valence-electron chi connectivity index (χ4n) is 3.59. The number of carbonyl (C=O) groups is 2. The summed E-state index contributed by atoms with van der Waals surface area (Å²) >= 11 is 6.01. The van der Waals surface area contributed by atoms with E-state index in [4.69, 9.17) is 16.0 Å². The van der Waals surface area contributed by atoms with Crippen LogP contribution in [-0.4, -0.2) is 45.6 Å². The van der Waals surface area contributed by atoms with E-state index in [9.17, 15) is 14.8 Å². The van der Waals surface area contributed by atoms with E-state index < -0.39 is 5.92 Å². The summed E-state index contributed by atoms with van der Waals surface area (Å²) in [4.78, 5) is 30.2. The maximum Gasteiger partial charge on any atom is 0.233 e. The third-order valence-corrected chi connectivity index (χ3v) is 5.21. The molecule has 8 heteroatoms. The summed E-state index contributed by atoms with van der Waals surface area (Å²) in [6, 6.07) is 5.02. The van der Waals surface area contributed by atoms with Crippen LogP contribution in [0.1, 0.15) is 51.0 Å². The molecule has 1 aromatic heterocycles. The van der Waals surface area contributed by atoms with Gasteiger partial charge in [0.05, 0.1) is 12.5 Å². The molecule has 1 aliphatic rings. The molecular weight excluding hydrogens is 370 g/mol. The smallest absolute Gasteiger partial charge is 0.233 e. The molecule has 1 aliphatic heterocycles. The van der Waals surface area contributed by atoms with E-state index in [0.29, 0.717) is 46.5 Å². The van der Waals surface area contributed by atoms with Gasteiger partial charge in [0, 0.05) is 17.6 Å². The van der Waals surface area contributed by atoms with Gasteiger partial charge in [-0.3, -0.25) is 14.8 Å². The average molecular weight is 394 g/mol. The normalized spacial score (nSPS) is 18.0. The van der Waals surface area contributed by atoms with Gasteiger partial charge in [-0.05, 0) is 31.4 Å². The van der Waals surface area contributed by atoms with E-state index in [1.807, 2.05) is 6.92 Å². The number of amides is 2. The van der Waals surface area contributed by atoms with Crippen LogP contribution >= 0.6 is 11.6 Å². The second-order valence-electron chi connectivity index (χ2n) is 6.92. The number of nitrogens with zero attached hydrogens (tertiary/aromatic N) is 3. The number of halogens is 1. The fourth-order valence-corrected chi connectivity index (χ4v) is 3.75. The van der Waals surface area contributed by atoms with Gasteiger partial charge >= 0.3 is 0 Å². The first-order chi connectivity index (χ1) is 13.0. The van der Waals surface area contributed by atoms with Crippen LogP contribution in [0, 0.1) is 5.92 Å². The summed E-state index contributed by atoms with van der Waals surface area (Å²) in [5.74, 6) is -0.0182. The van der Waals surface area contributed by atoms with Gasteiger partial charge < -0.3 is 9.32 Å². The molecule has 2 heterocycles. The zero-order chi connectivity index (χ0) is 19.4. The van der Waals surface area contributed by atoms with Crippen molar-refractivity contribution in [3.8, 4) is 0 Å². The Morgan fingerprint density at radius 1 is 1.56 bits per heavy atom. The Labute approximate surface area is 162 Å². The molecule has 0 bridgehead atoms. The highest BCUT2D eigenvalue weighted by atomic mass is 35.5. The minimum atomic E-state index is -0.445. The van der Waals surface area contributed by atoms with Crippen molar-refractivity contribution in [3.05, 3.63) is 29.1 Å². The zero-order valence-corrected chi connectivity index (χ0v) is 16.1. The quantitative estimate of drug-likeness (QED) is 0.418. The molecule has 1 saturated heterocycles. The summed E-state index contributed by atoms with van der Waals surface area (Å²) in [5.41, 5.74) is 1.31. The Bertz CT molecular complexity index is 809. The van der Waals surface area contributed by atoms with Crippen LogP contribution in [0.15, 0.2) is 22.6 Å². The SMILES string of the molecule is CCCC[C@@H](CN(O)C=O)C(=O)N1CCC[C@H]1c1nc2ccc(Cl)cc2o1. The van der Waals surface area contributed by atoms with Gasteiger partial charge in [-0.2, -0.15) is 0 Å². The summed E-state index contributed by atoms with van der Waals surface area (Å²) < 4.78 is 5.87. The van der Waals surface area contributed by atoms with E-state index in [1.165, 1.54) is 0 Å². The standard InChI is InChI=1S/C19H24ClN3O4/c1-2-3-5-13(11-22(26)12-24)19(25)23-9-4-6-16(23)18-21-15-8-7-14(20)10-17(15)27-18/h7-8,10,12-13,16,26H,2-6,9,11H2,1H3/t13-,16-/m0/s1. The number of carbonyl (C=O) groups excluding carboxylic acids is 2. The van der Waals surface area contributed by atoms with Gasteiger partial charge in [-0.1, -0.05) is 31.4 Å². The Morgan fingerprint density at radius 3 is 3.11 bits per heavy atom. The summed E-state index contributed by atoms with van der Waals surface area (Å²) in [5, 5.41) is 10.7. The van der Waals surface area contributed by atoms with Gasteiger partial charge in [0.25, 0.3) is 0 Å². The van der Waals surface area contributed by atoms with Gasteiger partial charge in [0.2, 0.25) is 18.2 Å². The largest absolute Gasteiger partial charge is 0.438 e. The zero-order valence-electron chi connectivity index (χ0n) is 15.3. The van der Waals surface area contributed by atoms with E-state index in [0.717, 1.165) is 25.7 Å². The van der Waals surface area contributed by atoms with Crippen LogP contribution in [0.2, 0.25) is 5.02 Å². The van der Waals surface area contributed by atoms with Crippen molar-refractivity contribution in [3.63, 3.8) is 0 Å². The summed E-state index contributed by atoms with van der Waals surface area (Å²) in [6.45, 7) is 2.65. The average Bonchev–Trinajstić information content (AvgIpc) is 3.30. The minimum Gasteiger partial charge on any atom is -0.438 e. The van der Waals surface area contributed by atoms with Crippen molar-refractivity contribution in [2.24, 2.45) is 5.92 Å². The van der Waals surface area contributed by atoms with E-state index in [-0.39, 0.29) is 18.5 Å². The molecule has 0 aliphatic carbocycles. The lowest BCUT2D eigenvalue weighted by Crippen LogP contribution is -2.40. The Balaban J connectivity index is 1.81. The van der Waals surface area contributed by atoms with Gasteiger partial charge in [0.1, 0.15) is 11.6 Å². The molecule has 146 valence electrons. The molecule has 0 radical (unpaired) electrons. The molecular formula is C19H24ClN3O4. The number of oxazole rings is 1. The summed E-state index contributed by atoms with van der Waals surface area (Å²) in [7, 11) is 0. The van der Waals surface area contributed by atoms with Crippen LogP contribution in [0.4, 0.5) is 0 Å². The maximum atomic E-state index is 13.1. The molecule has 2 aromatic rings. The lowest BCUT2D eigenvalue weighted by Gasteiger charge is -2.28. The number of hydrogen-bond donors (Lipinski definition) is 1. The Hall–Kier alpha value is -2.12. The number of unbranched alkanes of at least 4 members (excludes halogenated alkanes) is 1. The van der Waals surface area contributed by atoms with Crippen molar-refractivity contribution in [1.29, 1.82) is 0 Å². The molecule has 0 unspecified atom stereocenters. The highest BCUT2D eigenvalue weighted by Crippen LogP contribution is 2.35. The maximum absolute atomic E-state index is 13.1. The fraction of sp³-hybridized carbons (Fsp3) is 0.526. The number of hydroxylamine groups is 2. The second-order valence-corrected chi connectivity index (χ2v) is 7.36. The Morgan fingerprint density at radius 2 is 2.37 bits per heavy atom. The van der Waals surface area contributed by atoms with E-state index in [2.05, 4.69) is 4.98 Å². The lowest BCUT2D eigenvalue weighted by molar-refractivity contribution is -0.157. The monoisotopic (exact) mass is 393 g/mol. The molecule has 2 atom stereocenters. The van der Waals surface area contributed by atoms with Crippen LogP contribution in [0.25, 0.3) is 11.1 Å². The van der Waals surface area contributed by atoms with Crippen molar-refractivity contribution in [2.45, 2.75) is 45.1 Å². The number of likely N-dealkylation sites (tertiary alicyclic amines) is 1. The minimum absolute atomic E-state index is 0.00524. The van der Waals surface area contributed by atoms with E-state index in [1.54, 1.807) is 23.1 Å². The van der Waals surface area contributed by atoms with Crippen molar-refractivity contribution in [2.75, 3.05) is 13.1 Å². The predicted molar refractivity (Wildman–Crippen MR) is 100 cm³/mol.